The zero-order valence-corrected chi connectivity index (χ0v) is 11.0. The minimum absolute atomic E-state index is 0.364. The van der Waals surface area contributed by atoms with Crippen molar-refractivity contribution in [2.75, 3.05) is 18.2 Å². The van der Waals surface area contributed by atoms with E-state index in [1.165, 1.54) is 18.8 Å². The van der Waals surface area contributed by atoms with Gasteiger partial charge in [-0.3, -0.25) is 0 Å². The van der Waals surface area contributed by atoms with Gasteiger partial charge in [0.05, 0.1) is 7.11 Å². The molecule has 0 aliphatic rings. The molecule has 20 heavy (non-hydrogen) atoms. The standard InChI is InChI=1S/C15H14N4O/c1-20-15-13(16)14(17-9-18-15)19-12-7-6-10-4-2-3-5-11(10)8-12/h2-9H,16H2,1H3,(H,17,18,19). The summed E-state index contributed by atoms with van der Waals surface area (Å²) < 4.78 is 5.08. The molecule has 0 amide bonds. The van der Waals surface area contributed by atoms with Crippen molar-refractivity contribution in [2.24, 2.45) is 0 Å². The lowest BCUT2D eigenvalue weighted by atomic mass is 10.1. The second kappa shape index (κ2) is 5.05. The Bertz CT molecular complexity index is 758. The van der Waals surface area contributed by atoms with E-state index in [0.717, 1.165) is 11.1 Å². The summed E-state index contributed by atoms with van der Waals surface area (Å²) in [5.74, 6) is 0.899. The third kappa shape index (κ3) is 2.21. The molecule has 0 radical (unpaired) electrons. The molecule has 3 aromatic rings. The average Bonchev–Trinajstić information content (AvgIpc) is 2.49. The Kier molecular flexibility index (Phi) is 3.09. The highest BCUT2D eigenvalue weighted by Gasteiger charge is 2.08. The van der Waals surface area contributed by atoms with Crippen molar-refractivity contribution >= 4 is 28.0 Å². The minimum atomic E-state index is 0.364. The fourth-order valence-corrected chi connectivity index (χ4v) is 2.05. The van der Waals surface area contributed by atoms with Crippen molar-refractivity contribution in [1.82, 2.24) is 9.97 Å². The van der Waals surface area contributed by atoms with E-state index in [1.54, 1.807) is 0 Å². The van der Waals surface area contributed by atoms with E-state index in [0.29, 0.717) is 17.4 Å². The summed E-state index contributed by atoms with van der Waals surface area (Å²) in [6.45, 7) is 0. The molecular weight excluding hydrogens is 252 g/mol. The molecule has 0 saturated carbocycles. The molecule has 3 rings (SSSR count). The monoisotopic (exact) mass is 266 g/mol. The number of nitrogen functional groups attached to an aromatic ring is 1. The summed E-state index contributed by atoms with van der Waals surface area (Å²) in [6.07, 6.45) is 1.42. The zero-order valence-electron chi connectivity index (χ0n) is 11.0. The van der Waals surface area contributed by atoms with Crippen LogP contribution < -0.4 is 15.8 Å². The highest BCUT2D eigenvalue weighted by atomic mass is 16.5. The van der Waals surface area contributed by atoms with Crippen LogP contribution in [0.2, 0.25) is 0 Å². The highest BCUT2D eigenvalue weighted by molar-refractivity contribution is 5.87. The Labute approximate surface area is 116 Å². The van der Waals surface area contributed by atoms with Gasteiger partial charge in [0, 0.05) is 5.69 Å². The first kappa shape index (κ1) is 12.2. The summed E-state index contributed by atoms with van der Waals surface area (Å²) >= 11 is 0. The van der Waals surface area contributed by atoms with Gasteiger partial charge >= 0.3 is 0 Å². The van der Waals surface area contributed by atoms with Crippen molar-refractivity contribution in [2.45, 2.75) is 0 Å². The molecule has 2 aromatic carbocycles. The molecule has 5 nitrogen and oxygen atoms in total. The van der Waals surface area contributed by atoms with Gasteiger partial charge in [0.25, 0.3) is 0 Å². The summed E-state index contributed by atoms with van der Waals surface area (Å²) in [4.78, 5) is 8.09. The van der Waals surface area contributed by atoms with Gasteiger partial charge in [-0.05, 0) is 22.9 Å². The number of fused-ring (bicyclic) bond motifs is 1. The molecule has 0 saturated heterocycles. The fraction of sp³-hybridized carbons (Fsp3) is 0.0667. The van der Waals surface area contributed by atoms with Crippen LogP contribution in [0, 0.1) is 0 Å². The molecule has 0 unspecified atom stereocenters. The predicted octanol–water partition coefficient (Wildman–Crippen LogP) is 2.96. The number of nitrogens with one attached hydrogen (secondary N) is 1. The van der Waals surface area contributed by atoms with E-state index in [-0.39, 0.29) is 0 Å². The Morgan fingerprint density at radius 1 is 1.05 bits per heavy atom. The number of anilines is 3. The van der Waals surface area contributed by atoms with Gasteiger partial charge in [-0.2, -0.15) is 4.98 Å². The second-order valence-corrected chi connectivity index (χ2v) is 4.33. The predicted molar refractivity (Wildman–Crippen MR) is 80.2 cm³/mol. The van der Waals surface area contributed by atoms with Crippen molar-refractivity contribution in [1.29, 1.82) is 0 Å². The number of hydrogen-bond donors (Lipinski definition) is 2. The average molecular weight is 266 g/mol. The molecule has 0 spiro atoms. The van der Waals surface area contributed by atoms with Crippen molar-refractivity contribution < 1.29 is 4.74 Å². The van der Waals surface area contributed by atoms with Crippen LogP contribution in [-0.4, -0.2) is 17.1 Å². The Morgan fingerprint density at radius 2 is 1.85 bits per heavy atom. The summed E-state index contributed by atoms with van der Waals surface area (Å²) in [6, 6.07) is 14.2. The first-order valence-electron chi connectivity index (χ1n) is 6.18. The number of rotatable bonds is 3. The Hall–Kier alpha value is -2.82. The number of nitrogens with zero attached hydrogens (tertiary/aromatic N) is 2. The first-order chi connectivity index (χ1) is 9.78. The maximum absolute atomic E-state index is 5.94. The van der Waals surface area contributed by atoms with Crippen LogP contribution >= 0.6 is 0 Å². The number of ether oxygens (including phenoxy) is 1. The molecule has 0 aliphatic heterocycles. The van der Waals surface area contributed by atoms with Crippen LogP contribution in [0.3, 0.4) is 0 Å². The van der Waals surface area contributed by atoms with Crippen molar-refractivity contribution in [3.8, 4) is 5.88 Å². The fourth-order valence-electron chi connectivity index (χ4n) is 2.05. The largest absolute Gasteiger partial charge is 0.479 e. The van der Waals surface area contributed by atoms with Gasteiger partial charge in [-0.1, -0.05) is 30.3 Å². The smallest absolute Gasteiger partial charge is 0.242 e. The molecule has 5 heteroatoms. The molecule has 0 bridgehead atoms. The molecular formula is C15H14N4O. The lowest BCUT2D eigenvalue weighted by Gasteiger charge is -2.10. The SMILES string of the molecule is COc1ncnc(Nc2ccc3ccccc3c2)c1N. The third-order valence-electron chi connectivity index (χ3n) is 3.05. The molecule has 0 fully saturated rings. The van der Waals surface area contributed by atoms with Gasteiger partial charge in [0.15, 0.2) is 5.82 Å². The molecule has 100 valence electrons. The molecule has 3 N–H and O–H groups in total. The normalized spacial score (nSPS) is 10.4. The minimum Gasteiger partial charge on any atom is -0.479 e. The second-order valence-electron chi connectivity index (χ2n) is 4.33. The van der Waals surface area contributed by atoms with E-state index in [4.69, 9.17) is 10.5 Å². The Balaban J connectivity index is 1.97. The summed E-state index contributed by atoms with van der Waals surface area (Å²) in [5, 5.41) is 5.52. The van der Waals surface area contributed by atoms with Gasteiger partial charge in [0.2, 0.25) is 5.88 Å². The van der Waals surface area contributed by atoms with Crippen LogP contribution in [0.25, 0.3) is 10.8 Å². The van der Waals surface area contributed by atoms with Gasteiger partial charge in [-0.15, -0.1) is 0 Å². The number of nitrogens with two attached hydrogens (primary N) is 1. The molecule has 1 aromatic heterocycles. The maximum atomic E-state index is 5.94. The lowest BCUT2D eigenvalue weighted by molar-refractivity contribution is 0.399. The number of hydrogen-bond acceptors (Lipinski definition) is 5. The van der Waals surface area contributed by atoms with Gasteiger partial charge in [0.1, 0.15) is 12.0 Å². The topological polar surface area (TPSA) is 73.1 Å². The quantitative estimate of drug-likeness (QED) is 0.762. The molecule has 0 atom stereocenters. The van der Waals surface area contributed by atoms with Gasteiger partial charge < -0.3 is 15.8 Å². The van der Waals surface area contributed by atoms with Gasteiger partial charge in [-0.25, -0.2) is 4.98 Å². The van der Waals surface area contributed by atoms with Crippen molar-refractivity contribution in [3.63, 3.8) is 0 Å². The van der Waals surface area contributed by atoms with E-state index in [2.05, 4.69) is 27.4 Å². The number of benzene rings is 2. The summed E-state index contributed by atoms with van der Waals surface area (Å²) in [7, 11) is 1.53. The van der Waals surface area contributed by atoms with Crippen LogP contribution in [0.5, 0.6) is 5.88 Å². The van der Waals surface area contributed by atoms with Crippen LogP contribution in [0.4, 0.5) is 17.2 Å². The van der Waals surface area contributed by atoms with E-state index in [9.17, 15) is 0 Å². The highest BCUT2D eigenvalue weighted by Crippen LogP contribution is 2.28. The van der Waals surface area contributed by atoms with Crippen LogP contribution in [0.15, 0.2) is 48.8 Å². The number of methoxy groups -OCH3 is 1. The van der Waals surface area contributed by atoms with Crippen molar-refractivity contribution in [3.05, 3.63) is 48.8 Å². The van der Waals surface area contributed by atoms with Crippen LogP contribution in [-0.2, 0) is 0 Å². The zero-order chi connectivity index (χ0) is 13.9. The summed E-state index contributed by atoms with van der Waals surface area (Å²) in [5.41, 5.74) is 7.25. The lowest BCUT2D eigenvalue weighted by Crippen LogP contribution is -2.03. The maximum Gasteiger partial charge on any atom is 0.242 e. The number of aromatic nitrogens is 2. The first-order valence-corrected chi connectivity index (χ1v) is 6.18. The van der Waals surface area contributed by atoms with E-state index in [1.807, 2.05) is 30.3 Å². The van der Waals surface area contributed by atoms with E-state index >= 15 is 0 Å². The molecule has 0 aliphatic carbocycles. The van der Waals surface area contributed by atoms with Crippen LogP contribution in [0.1, 0.15) is 0 Å². The third-order valence-corrected chi connectivity index (χ3v) is 3.05. The Morgan fingerprint density at radius 3 is 2.65 bits per heavy atom. The van der Waals surface area contributed by atoms with E-state index < -0.39 is 0 Å². The molecule has 1 heterocycles.